The van der Waals surface area contributed by atoms with Crippen LogP contribution in [-0.4, -0.2) is 50.5 Å². The number of alkyl halides is 1. The largest absolute Gasteiger partial charge is 0.386 e. The van der Waals surface area contributed by atoms with Gasteiger partial charge in [0.1, 0.15) is 29.5 Å². The van der Waals surface area contributed by atoms with Crippen molar-refractivity contribution in [3.8, 4) is 0 Å². The van der Waals surface area contributed by atoms with E-state index in [0.717, 1.165) is 5.56 Å². The number of nitrogens with zero attached hydrogens (tertiary/aromatic N) is 4. The van der Waals surface area contributed by atoms with Crippen LogP contribution in [0.3, 0.4) is 0 Å². The molecule has 5 rings (SSSR count). The minimum Gasteiger partial charge on any atom is -0.386 e. The van der Waals surface area contributed by atoms with E-state index in [1.165, 1.54) is 10.9 Å². The van der Waals surface area contributed by atoms with Crippen LogP contribution in [0.15, 0.2) is 29.5 Å². The Morgan fingerprint density at radius 3 is 2.85 bits per heavy atom. The standard InChI is InChI=1S/C22H26FN7O3/c1-11(2)29-8-12-4-16(21(29)31)26-18-7-15(24-3)19-20(28-18)30(10-25-19)22(32)27-14-5-13(23)6-17(14)33-9-12/h4,7-8,10-11,13-14,17H,5-6,9H2,1-3H3,(H,27,32)(H2,24,26,28)/t13-,14-,17-/m1/s1. The van der Waals surface area contributed by atoms with Gasteiger partial charge in [0, 0.05) is 38.2 Å². The summed E-state index contributed by atoms with van der Waals surface area (Å²) in [5.74, 6) is 0.381. The Morgan fingerprint density at radius 1 is 1.27 bits per heavy atom. The fraction of sp³-hybridized carbons (Fsp3) is 0.455. The third-order valence-electron chi connectivity index (χ3n) is 6.13. The molecule has 1 aliphatic heterocycles. The first-order chi connectivity index (χ1) is 15.8. The molecule has 0 aromatic carbocycles. The molecule has 3 N–H and O–H groups in total. The average molecular weight is 455 g/mol. The number of fused-ring (bicyclic) bond motifs is 4. The number of rotatable bonds is 2. The van der Waals surface area contributed by atoms with Crippen LogP contribution in [-0.2, 0) is 11.3 Å². The lowest BCUT2D eigenvalue weighted by atomic mass is 10.2. The summed E-state index contributed by atoms with van der Waals surface area (Å²) in [6.07, 6.45) is 1.93. The minimum atomic E-state index is -1.07. The molecule has 4 bridgehead atoms. The number of anilines is 3. The molecule has 33 heavy (non-hydrogen) atoms. The summed E-state index contributed by atoms with van der Waals surface area (Å²) < 4.78 is 23.2. The van der Waals surface area contributed by atoms with Gasteiger partial charge in [-0.2, -0.15) is 0 Å². The Labute approximate surface area is 189 Å². The number of pyridine rings is 2. The molecule has 3 aromatic heterocycles. The Kier molecular flexibility index (Phi) is 5.28. The molecule has 11 heteroatoms. The monoisotopic (exact) mass is 455 g/mol. The zero-order valence-electron chi connectivity index (χ0n) is 18.6. The fourth-order valence-corrected chi connectivity index (χ4v) is 4.45. The molecule has 3 atom stereocenters. The van der Waals surface area contributed by atoms with E-state index in [2.05, 4.69) is 25.9 Å². The van der Waals surface area contributed by atoms with E-state index in [9.17, 15) is 14.0 Å². The van der Waals surface area contributed by atoms with Gasteiger partial charge in [-0.25, -0.2) is 23.7 Å². The first kappa shape index (κ1) is 21.4. The normalized spacial score (nSPS) is 22.7. The van der Waals surface area contributed by atoms with Crippen LogP contribution in [0.2, 0.25) is 0 Å². The zero-order valence-corrected chi connectivity index (χ0v) is 18.6. The molecule has 3 aromatic rings. The van der Waals surface area contributed by atoms with Crippen LogP contribution in [0.25, 0.3) is 11.2 Å². The predicted molar refractivity (Wildman–Crippen MR) is 122 cm³/mol. The fourth-order valence-electron chi connectivity index (χ4n) is 4.45. The number of halogens is 1. The third-order valence-corrected chi connectivity index (χ3v) is 6.13. The Balaban J connectivity index is 1.69. The van der Waals surface area contributed by atoms with E-state index in [4.69, 9.17) is 4.74 Å². The van der Waals surface area contributed by atoms with Crippen molar-refractivity contribution in [3.05, 3.63) is 40.6 Å². The van der Waals surface area contributed by atoms with Crippen molar-refractivity contribution in [2.24, 2.45) is 0 Å². The van der Waals surface area contributed by atoms with Crippen LogP contribution < -0.4 is 21.5 Å². The molecule has 0 unspecified atom stereocenters. The van der Waals surface area contributed by atoms with E-state index in [0.29, 0.717) is 28.4 Å². The summed E-state index contributed by atoms with van der Waals surface area (Å²) in [7, 11) is 1.74. The van der Waals surface area contributed by atoms with E-state index < -0.39 is 24.3 Å². The van der Waals surface area contributed by atoms with Crippen LogP contribution in [0, 0.1) is 0 Å². The summed E-state index contributed by atoms with van der Waals surface area (Å²) in [5.41, 5.74) is 2.34. The van der Waals surface area contributed by atoms with Crippen LogP contribution in [0.1, 0.15) is 38.3 Å². The molecule has 1 aliphatic carbocycles. The molecule has 2 aliphatic rings. The first-order valence-electron chi connectivity index (χ1n) is 11.0. The Bertz CT molecular complexity index is 1280. The van der Waals surface area contributed by atoms with E-state index in [-0.39, 0.29) is 31.0 Å². The van der Waals surface area contributed by atoms with Crippen molar-refractivity contribution in [3.63, 3.8) is 0 Å². The van der Waals surface area contributed by atoms with E-state index in [1.54, 1.807) is 29.9 Å². The van der Waals surface area contributed by atoms with Crippen molar-refractivity contribution < 1.29 is 13.9 Å². The molecule has 0 saturated heterocycles. The summed E-state index contributed by atoms with van der Waals surface area (Å²) in [6.45, 7) is 4.02. The highest BCUT2D eigenvalue weighted by atomic mass is 19.1. The molecule has 4 heterocycles. The molecule has 0 spiro atoms. The van der Waals surface area contributed by atoms with E-state index in [1.807, 2.05) is 13.8 Å². The summed E-state index contributed by atoms with van der Waals surface area (Å²) in [4.78, 5) is 35.1. The number of amides is 1. The molecule has 10 nitrogen and oxygen atoms in total. The summed E-state index contributed by atoms with van der Waals surface area (Å²) >= 11 is 0. The number of imidazole rings is 1. The second-order valence-electron chi connectivity index (χ2n) is 8.76. The number of carbonyl (C=O) groups excluding carboxylic acids is 1. The molecule has 1 saturated carbocycles. The van der Waals surface area contributed by atoms with Gasteiger partial charge in [0.2, 0.25) is 0 Å². The van der Waals surface area contributed by atoms with Gasteiger partial charge in [-0.1, -0.05) is 0 Å². The molecular weight excluding hydrogens is 429 g/mol. The van der Waals surface area contributed by atoms with Gasteiger partial charge < -0.3 is 25.3 Å². The number of nitrogens with one attached hydrogen (secondary N) is 3. The highest BCUT2D eigenvalue weighted by Crippen LogP contribution is 2.29. The maximum atomic E-state index is 14.3. The molecular formula is C22H26FN7O3. The number of ether oxygens (including phenoxy) is 1. The second kappa shape index (κ2) is 8.14. The SMILES string of the molecule is CNc1cc2nc3c1ncn3C(=O)N[C@@H]1C[C@@H](F)C[C@H]1OCc1cc(c(=O)n(C(C)C)c1)N2. The van der Waals surface area contributed by atoms with Crippen molar-refractivity contribution >= 4 is 34.4 Å². The Hall–Kier alpha value is -3.47. The lowest BCUT2D eigenvalue weighted by Crippen LogP contribution is -2.43. The van der Waals surface area contributed by atoms with Gasteiger partial charge in [-0.15, -0.1) is 0 Å². The number of hydrogen-bond donors (Lipinski definition) is 3. The van der Waals surface area contributed by atoms with Gasteiger partial charge in [0.25, 0.3) is 5.56 Å². The average Bonchev–Trinajstić information content (AvgIpc) is 3.35. The zero-order chi connectivity index (χ0) is 23.3. The van der Waals surface area contributed by atoms with Crippen LogP contribution in [0.5, 0.6) is 0 Å². The van der Waals surface area contributed by atoms with Crippen molar-refractivity contribution in [1.29, 1.82) is 0 Å². The highest BCUT2D eigenvalue weighted by molar-refractivity contribution is 5.94. The topological polar surface area (TPSA) is 115 Å². The predicted octanol–water partition coefficient (Wildman–Crippen LogP) is 2.92. The van der Waals surface area contributed by atoms with Crippen LogP contribution in [0.4, 0.5) is 26.4 Å². The van der Waals surface area contributed by atoms with Gasteiger partial charge in [-0.3, -0.25) is 4.79 Å². The first-order valence-corrected chi connectivity index (χ1v) is 11.0. The van der Waals surface area contributed by atoms with Crippen molar-refractivity contribution in [1.82, 2.24) is 24.4 Å². The number of carbonyl (C=O) groups is 1. The number of hydrogen-bond acceptors (Lipinski definition) is 7. The number of aromatic nitrogens is 4. The third kappa shape index (κ3) is 3.82. The van der Waals surface area contributed by atoms with Crippen molar-refractivity contribution in [2.45, 2.75) is 57.7 Å². The smallest absolute Gasteiger partial charge is 0.328 e. The highest BCUT2D eigenvalue weighted by Gasteiger charge is 2.37. The quantitative estimate of drug-likeness (QED) is 0.544. The maximum Gasteiger partial charge on any atom is 0.328 e. The Morgan fingerprint density at radius 2 is 2.09 bits per heavy atom. The molecule has 174 valence electrons. The minimum absolute atomic E-state index is 0.0737. The van der Waals surface area contributed by atoms with Crippen molar-refractivity contribution in [2.75, 3.05) is 17.7 Å². The molecule has 1 fully saturated rings. The molecule has 0 radical (unpaired) electrons. The van der Waals surface area contributed by atoms with E-state index >= 15 is 0 Å². The molecule has 1 amide bonds. The maximum absolute atomic E-state index is 14.3. The summed E-state index contributed by atoms with van der Waals surface area (Å²) in [6, 6.07) is 2.43. The lowest BCUT2D eigenvalue weighted by Gasteiger charge is -2.22. The second-order valence-corrected chi connectivity index (χ2v) is 8.76. The van der Waals surface area contributed by atoms with Gasteiger partial charge in [0.05, 0.1) is 24.4 Å². The van der Waals surface area contributed by atoms with Gasteiger partial charge in [0.15, 0.2) is 5.65 Å². The lowest BCUT2D eigenvalue weighted by molar-refractivity contribution is 0.0270. The van der Waals surface area contributed by atoms with Gasteiger partial charge >= 0.3 is 6.03 Å². The van der Waals surface area contributed by atoms with Gasteiger partial charge in [-0.05, 0) is 25.5 Å². The summed E-state index contributed by atoms with van der Waals surface area (Å²) in [5, 5.41) is 9.05. The van der Waals surface area contributed by atoms with Crippen LogP contribution >= 0.6 is 0 Å².